The van der Waals surface area contributed by atoms with Gasteiger partial charge in [-0.25, -0.2) is 4.99 Å². The van der Waals surface area contributed by atoms with Crippen molar-refractivity contribution >= 4 is 62.9 Å². The first-order valence-corrected chi connectivity index (χ1v) is 17.2. The largest absolute Gasteiger partial charge is 0.492 e. The fourth-order valence-corrected chi connectivity index (χ4v) is 8.47. The first-order chi connectivity index (χ1) is 22.0. The first kappa shape index (κ1) is 29.9. The monoisotopic (exact) mass is 727 g/mol. The van der Waals surface area contributed by atoms with Gasteiger partial charge in [0.1, 0.15) is 0 Å². The molecule has 0 bridgehead atoms. The van der Waals surface area contributed by atoms with Gasteiger partial charge in [0.2, 0.25) is 0 Å². The summed E-state index contributed by atoms with van der Waals surface area (Å²) in [7, 11) is 1.64. The Hall–Kier alpha value is -3.76. The molecule has 0 spiro atoms. The topological polar surface area (TPSA) is 63.2 Å². The van der Waals surface area contributed by atoms with Crippen molar-refractivity contribution in [3.8, 4) is 11.5 Å². The van der Waals surface area contributed by atoms with Crippen molar-refractivity contribution in [3.63, 3.8) is 0 Å². The van der Waals surface area contributed by atoms with Crippen LogP contribution in [0, 0.1) is 3.57 Å². The summed E-state index contributed by atoms with van der Waals surface area (Å²) in [5, 5.41) is 3.60. The second-order valence-electron chi connectivity index (χ2n) is 11.4. The van der Waals surface area contributed by atoms with Crippen LogP contribution in [-0.2, 0) is 4.79 Å². The van der Waals surface area contributed by atoms with Crippen LogP contribution in [-0.4, -0.2) is 37.9 Å². The number of benzene rings is 4. The third-order valence-corrected chi connectivity index (χ3v) is 10.4. The molecule has 0 unspecified atom stereocenters. The zero-order chi connectivity index (χ0) is 30.9. The van der Waals surface area contributed by atoms with Gasteiger partial charge in [0.05, 0.1) is 27.9 Å². The molecule has 0 aliphatic carbocycles. The van der Waals surface area contributed by atoms with Gasteiger partial charge in [-0.15, -0.1) is 0 Å². The average Bonchev–Trinajstić information content (AvgIpc) is 3.39. The zero-order valence-electron chi connectivity index (χ0n) is 25.3. The number of carbonyl (C=O) groups excluding carboxylic acids is 1. The summed E-state index contributed by atoms with van der Waals surface area (Å²) >= 11 is 3.60. The lowest BCUT2D eigenvalue weighted by molar-refractivity contribution is -0.115. The highest BCUT2D eigenvalue weighted by atomic mass is 127. The van der Waals surface area contributed by atoms with E-state index in [1.165, 1.54) is 39.7 Å². The number of aliphatic imine (C=N–C) groups is 1. The number of rotatable bonds is 7. The second kappa shape index (κ2) is 12.9. The maximum atomic E-state index is 13.1. The Morgan fingerprint density at radius 1 is 0.956 bits per heavy atom. The van der Waals surface area contributed by atoms with Gasteiger partial charge in [-0.1, -0.05) is 60.7 Å². The van der Waals surface area contributed by atoms with Crippen molar-refractivity contribution < 1.29 is 14.3 Å². The maximum absolute atomic E-state index is 13.1. The standard InChI is InChI=1S/C37H34IN3O3S/c1-3-44-32-19-23(18-31(38)35(32)43-2)20-33-36(42)40-37(45-33)39-26-21-29-27(24-10-6-4-7-11-24)14-16-41-17-15-28(30(22-26)34(29)41)25-12-8-5-9-13-25/h4-13,18-22,27-28H,3,14-17H2,1-2H3,(H,39,40,42)/b33-20-/t27-,28+. The van der Waals surface area contributed by atoms with E-state index in [-0.39, 0.29) is 5.91 Å². The molecule has 8 heteroatoms. The summed E-state index contributed by atoms with van der Waals surface area (Å²) in [6.07, 6.45) is 4.02. The van der Waals surface area contributed by atoms with Gasteiger partial charge < -0.3 is 19.7 Å². The minimum atomic E-state index is -0.155. The van der Waals surface area contributed by atoms with Gasteiger partial charge in [-0.2, -0.15) is 0 Å². The SMILES string of the molecule is CCOc1cc(/C=C2\SC(=Nc3cc4c5c(c3)[C@H](c3ccccc3)CCN5CC[C@@H]4c3ccccc3)NC2=O)cc(I)c1OC. The molecule has 3 aliphatic heterocycles. The lowest BCUT2D eigenvalue weighted by Gasteiger charge is -2.43. The van der Waals surface area contributed by atoms with Crippen LogP contribution in [0.25, 0.3) is 6.08 Å². The molecule has 45 heavy (non-hydrogen) atoms. The molecule has 7 rings (SSSR count). The molecular formula is C37H34IN3O3S. The molecule has 1 amide bonds. The third-order valence-electron chi connectivity index (χ3n) is 8.72. The highest BCUT2D eigenvalue weighted by Crippen LogP contribution is 2.50. The molecule has 4 aromatic carbocycles. The summed E-state index contributed by atoms with van der Waals surface area (Å²) in [6, 6.07) is 30.0. The van der Waals surface area contributed by atoms with Gasteiger partial charge >= 0.3 is 0 Å². The van der Waals surface area contributed by atoms with Crippen molar-refractivity contribution in [2.75, 3.05) is 31.7 Å². The number of thioether (sulfide) groups is 1. The first-order valence-electron chi connectivity index (χ1n) is 15.3. The molecule has 6 nitrogen and oxygen atoms in total. The summed E-state index contributed by atoms with van der Waals surface area (Å²) in [4.78, 5) is 21.4. The van der Waals surface area contributed by atoms with Crippen LogP contribution in [0.15, 0.2) is 94.8 Å². The lowest BCUT2D eigenvalue weighted by atomic mass is 9.76. The molecule has 1 fully saturated rings. The normalized spacial score (nSPS) is 20.7. The van der Waals surface area contributed by atoms with E-state index >= 15 is 0 Å². The molecule has 228 valence electrons. The molecule has 1 saturated heterocycles. The predicted octanol–water partition coefficient (Wildman–Crippen LogP) is 8.47. The quantitative estimate of drug-likeness (QED) is 0.153. The number of methoxy groups -OCH3 is 1. The van der Waals surface area contributed by atoms with Gasteiger partial charge in [-0.3, -0.25) is 4.79 Å². The Morgan fingerprint density at radius 2 is 1.58 bits per heavy atom. The molecule has 3 aliphatic rings. The highest BCUT2D eigenvalue weighted by molar-refractivity contribution is 14.1. The molecule has 1 N–H and O–H groups in total. The molecule has 3 heterocycles. The number of amidine groups is 1. The summed E-state index contributed by atoms with van der Waals surface area (Å²) in [5.74, 6) is 1.79. The molecule has 0 radical (unpaired) electrons. The maximum Gasteiger partial charge on any atom is 0.264 e. The minimum absolute atomic E-state index is 0.155. The van der Waals surface area contributed by atoms with E-state index in [4.69, 9.17) is 14.5 Å². The highest BCUT2D eigenvalue weighted by Gasteiger charge is 2.35. The Morgan fingerprint density at radius 3 is 2.16 bits per heavy atom. The van der Waals surface area contributed by atoms with Crippen molar-refractivity contribution in [3.05, 3.63) is 121 Å². The number of nitrogens with zero attached hydrogens (tertiary/aromatic N) is 2. The lowest BCUT2D eigenvalue weighted by Crippen LogP contribution is -2.37. The molecule has 0 saturated carbocycles. The van der Waals surface area contributed by atoms with Crippen LogP contribution in [0.1, 0.15) is 59.4 Å². The minimum Gasteiger partial charge on any atom is -0.492 e. The third kappa shape index (κ3) is 5.97. The van der Waals surface area contributed by atoms with Crippen LogP contribution >= 0.6 is 34.4 Å². The van der Waals surface area contributed by atoms with E-state index in [0.29, 0.717) is 40.0 Å². The predicted molar refractivity (Wildman–Crippen MR) is 192 cm³/mol. The molecular weight excluding hydrogens is 693 g/mol. The Labute approximate surface area is 282 Å². The fourth-order valence-electron chi connectivity index (χ4n) is 6.79. The van der Waals surface area contributed by atoms with Crippen LogP contribution < -0.4 is 19.7 Å². The number of ether oxygens (including phenoxy) is 2. The Kier molecular flexibility index (Phi) is 8.59. The van der Waals surface area contributed by atoms with E-state index in [2.05, 4.69) is 106 Å². The Bertz CT molecular complexity index is 1740. The van der Waals surface area contributed by atoms with E-state index in [1.54, 1.807) is 7.11 Å². The van der Waals surface area contributed by atoms with Crippen molar-refractivity contribution in [2.24, 2.45) is 4.99 Å². The number of nitrogens with one attached hydrogen (secondary N) is 1. The van der Waals surface area contributed by atoms with Crippen LogP contribution in [0.2, 0.25) is 0 Å². The number of amides is 1. The van der Waals surface area contributed by atoms with E-state index in [0.717, 1.165) is 40.8 Å². The van der Waals surface area contributed by atoms with Crippen molar-refractivity contribution in [1.29, 1.82) is 0 Å². The second-order valence-corrected chi connectivity index (χ2v) is 13.6. The summed E-state index contributed by atoms with van der Waals surface area (Å²) < 4.78 is 12.3. The van der Waals surface area contributed by atoms with Gasteiger partial charge in [0, 0.05) is 30.6 Å². The number of halogens is 1. The van der Waals surface area contributed by atoms with Crippen LogP contribution in [0.5, 0.6) is 11.5 Å². The van der Waals surface area contributed by atoms with E-state index in [1.807, 2.05) is 25.1 Å². The van der Waals surface area contributed by atoms with Gasteiger partial charge in [-0.05, 0) is 112 Å². The smallest absolute Gasteiger partial charge is 0.264 e. The van der Waals surface area contributed by atoms with Crippen LogP contribution in [0.3, 0.4) is 0 Å². The number of anilines is 1. The van der Waals surface area contributed by atoms with Crippen LogP contribution in [0.4, 0.5) is 11.4 Å². The van der Waals surface area contributed by atoms with E-state index < -0.39 is 0 Å². The summed E-state index contributed by atoms with van der Waals surface area (Å²) in [6.45, 7) is 4.56. The van der Waals surface area contributed by atoms with E-state index in [9.17, 15) is 4.79 Å². The fraction of sp³-hybridized carbons (Fsp3) is 0.243. The Balaban J connectivity index is 1.28. The van der Waals surface area contributed by atoms with Crippen molar-refractivity contribution in [2.45, 2.75) is 31.6 Å². The van der Waals surface area contributed by atoms with Crippen molar-refractivity contribution in [1.82, 2.24) is 5.32 Å². The van der Waals surface area contributed by atoms with Gasteiger partial charge in [0.15, 0.2) is 16.7 Å². The number of hydrogen-bond donors (Lipinski definition) is 1. The molecule has 4 aromatic rings. The molecule has 2 atom stereocenters. The average molecular weight is 728 g/mol. The molecule has 0 aromatic heterocycles. The number of carbonyl (C=O) groups is 1. The summed E-state index contributed by atoms with van der Waals surface area (Å²) in [5.41, 5.74) is 8.42. The number of hydrogen-bond acceptors (Lipinski definition) is 6. The zero-order valence-corrected chi connectivity index (χ0v) is 28.2. The van der Waals surface area contributed by atoms with Gasteiger partial charge in [0.25, 0.3) is 5.91 Å².